The maximum atomic E-state index is 6.64. The Bertz CT molecular complexity index is 716. The third-order valence-electron chi connectivity index (χ3n) is 4.96. The van der Waals surface area contributed by atoms with Gasteiger partial charge in [0.2, 0.25) is 0 Å². The van der Waals surface area contributed by atoms with Crippen molar-refractivity contribution in [1.29, 1.82) is 0 Å². The van der Waals surface area contributed by atoms with Crippen molar-refractivity contribution in [2.75, 3.05) is 5.73 Å². The molecule has 2 N–H and O–H groups in total. The van der Waals surface area contributed by atoms with E-state index in [0.717, 1.165) is 12.1 Å². The highest BCUT2D eigenvalue weighted by atomic mass is 31.1. The van der Waals surface area contributed by atoms with Crippen LogP contribution in [0, 0.1) is 0 Å². The largest absolute Gasteiger partial charge is 0.398 e. The zero-order valence-electron chi connectivity index (χ0n) is 14.3. The Morgan fingerprint density at radius 2 is 1.73 bits per heavy atom. The van der Waals surface area contributed by atoms with Crippen molar-refractivity contribution in [2.24, 2.45) is 0 Å². The summed E-state index contributed by atoms with van der Waals surface area (Å²) < 4.78 is 0. The van der Waals surface area contributed by atoms with Gasteiger partial charge in [-0.05, 0) is 42.0 Å². The molecule has 2 aromatic rings. The first kappa shape index (κ1) is 15.6. The molecule has 0 amide bonds. The first-order valence-electron chi connectivity index (χ1n) is 8.20. The number of fused-ring (bicyclic) bond motifs is 2. The first-order chi connectivity index (χ1) is 10.4. The predicted octanol–water partition coefficient (Wildman–Crippen LogP) is 4.31. The van der Waals surface area contributed by atoms with Gasteiger partial charge in [-0.2, -0.15) is 0 Å². The van der Waals surface area contributed by atoms with Crippen molar-refractivity contribution in [3.8, 4) is 0 Å². The fourth-order valence-electron chi connectivity index (χ4n) is 3.74. The van der Waals surface area contributed by atoms with E-state index in [1.54, 1.807) is 0 Å². The van der Waals surface area contributed by atoms with Crippen LogP contribution in [0.5, 0.6) is 0 Å². The molecule has 1 unspecified atom stereocenters. The molecule has 2 aromatic carbocycles. The highest BCUT2D eigenvalue weighted by Crippen LogP contribution is 2.51. The number of anilines is 1. The van der Waals surface area contributed by atoms with Crippen molar-refractivity contribution >= 4 is 24.2 Å². The Labute approximate surface area is 135 Å². The van der Waals surface area contributed by atoms with E-state index in [2.05, 4.69) is 71.0 Å². The van der Waals surface area contributed by atoms with Crippen LogP contribution in [0.15, 0.2) is 36.4 Å². The van der Waals surface area contributed by atoms with Gasteiger partial charge in [0.15, 0.2) is 0 Å². The Kier molecular flexibility index (Phi) is 3.81. The summed E-state index contributed by atoms with van der Waals surface area (Å²) in [5.41, 5.74) is 12.5. The molecule has 1 nitrogen and oxygen atoms in total. The first-order valence-corrected chi connectivity index (χ1v) is 9.61. The summed E-state index contributed by atoms with van der Waals surface area (Å²) in [5.74, 6) is 0. The molecule has 2 heteroatoms. The molecule has 0 saturated heterocycles. The number of nitrogen functional groups attached to an aromatic ring is 1. The third-order valence-corrected chi connectivity index (χ3v) is 7.86. The molecular weight excluding hydrogens is 285 g/mol. The molecule has 0 saturated carbocycles. The average molecular weight is 311 g/mol. The monoisotopic (exact) mass is 311 g/mol. The molecule has 1 atom stereocenters. The lowest BCUT2D eigenvalue weighted by Gasteiger charge is -2.42. The number of hydrogen-bond acceptors (Lipinski definition) is 1. The topological polar surface area (TPSA) is 26.0 Å². The fraction of sp³-hybridized carbons (Fsp3) is 0.400. The second-order valence-corrected chi connectivity index (χ2v) is 9.70. The molecule has 1 aliphatic heterocycles. The predicted molar refractivity (Wildman–Crippen MR) is 100 cm³/mol. The minimum Gasteiger partial charge on any atom is -0.398 e. The van der Waals surface area contributed by atoms with Crippen molar-refractivity contribution in [3.05, 3.63) is 53.1 Å². The zero-order valence-corrected chi connectivity index (χ0v) is 15.2. The highest BCUT2D eigenvalue weighted by Gasteiger charge is 2.39. The van der Waals surface area contributed by atoms with Crippen LogP contribution in [0.3, 0.4) is 0 Å². The van der Waals surface area contributed by atoms with Gasteiger partial charge in [0.05, 0.1) is 0 Å². The summed E-state index contributed by atoms with van der Waals surface area (Å²) in [6.45, 7) is 11.5. The van der Waals surface area contributed by atoms with Crippen LogP contribution >= 0.6 is 7.92 Å². The van der Waals surface area contributed by atoms with Gasteiger partial charge < -0.3 is 5.73 Å². The summed E-state index contributed by atoms with van der Waals surface area (Å²) in [6, 6.07) is 13.5. The zero-order chi connectivity index (χ0) is 16.1. The molecule has 1 heterocycles. The molecule has 116 valence electrons. The number of aryl methyl sites for hydroxylation is 1. The molecule has 0 bridgehead atoms. The van der Waals surface area contributed by atoms with Crippen LogP contribution in [-0.2, 0) is 11.8 Å². The minimum atomic E-state index is -0.389. The van der Waals surface area contributed by atoms with E-state index in [1.807, 2.05) is 0 Å². The molecule has 0 aliphatic carbocycles. The smallest absolute Gasteiger partial charge is 0.0431 e. The normalized spacial score (nSPS) is 18.9. The van der Waals surface area contributed by atoms with Gasteiger partial charge in [-0.15, -0.1) is 0 Å². The van der Waals surface area contributed by atoms with Crippen molar-refractivity contribution in [2.45, 2.75) is 52.1 Å². The van der Waals surface area contributed by atoms with Gasteiger partial charge in [0.25, 0.3) is 0 Å². The van der Waals surface area contributed by atoms with E-state index in [0.29, 0.717) is 5.66 Å². The van der Waals surface area contributed by atoms with Gasteiger partial charge in [-0.1, -0.05) is 71.0 Å². The second-order valence-electron chi connectivity index (χ2n) is 6.99. The number of rotatable bonds is 2. The molecule has 22 heavy (non-hydrogen) atoms. The van der Waals surface area contributed by atoms with Gasteiger partial charge in [-0.25, -0.2) is 0 Å². The molecular formula is C20H26NP. The van der Waals surface area contributed by atoms with Crippen LogP contribution < -0.4 is 16.3 Å². The summed E-state index contributed by atoms with van der Waals surface area (Å²) in [5, 5.41) is 2.96. The van der Waals surface area contributed by atoms with E-state index < -0.39 is 0 Å². The lowest BCUT2D eigenvalue weighted by atomic mass is 9.77. The van der Waals surface area contributed by atoms with Crippen molar-refractivity contribution in [3.63, 3.8) is 0 Å². The van der Waals surface area contributed by atoms with Gasteiger partial charge >= 0.3 is 0 Å². The SMILES string of the molecule is CCc1ccc2c(c1N)P(C(C)C)c1ccccc1C2(C)C. The molecule has 0 spiro atoms. The van der Waals surface area contributed by atoms with E-state index in [4.69, 9.17) is 5.73 Å². The third kappa shape index (κ3) is 2.10. The highest BCUT2D eigenvalue weighted by molar-refractivity contribution is 7.74. The van der Waals surface area contributed by atoms with E-state index in [1.165, 1.54) is 27.3 Å². The van der Waals surface area contributed by atoms with E-state index in [9.17, 15) is 0 Å². The second kappa shape index (κ2) is 5.39. The molecule has 3 rings (SSSR count). The molecule has 0 aromatic heterocycles. The van der Waals surface area contributed by atoms with Crippen LogP contribution in [0.1, 0.15) is 51.3 Å². The number of hydrogen-bond donors (Lipinski definition) is 1. The average Bonchev–Trinajstić information content (AvgIpc) is 2.48. The molecule has 1 aliphatic rings. The lowest BCUT2D eigenvalue weighted by Crippen LogP contribution is -2.40. The quantitative estimate of drug-likeness (QED) is 0.649. The summed E-state index contributed by atoms with van der Waals surface area (Å²) in [4.78, 5) is 0. The summed E-state index contributed by atoms with van der Waals surface area (Å²) in [6.07, 6.45) is 1.00. The Morgan fingerprint density at radius 1 is 1.05 bits per heavy atom. The lowest BCUT2D eigenvalue weighted by molar-refractivity contribution is 0.646. The van der Waals surface area contributed by atoms with Crippen LogP contribution in [0.25, 0.3) is 0 Å². The minimum absolute atomic E-state index is 0.0278. The van der Waals surface area contributed by atoms with Gasteiger partial charge in [0, 0.05) is 16.4 Å². The van der Waals surface area contributed by atoms with E-state index >= 15 is 0 Å². The maximum absolute atomic E-state index is 6.64. The van der Waals surface area contributed by atoms with Crippen molar-refractivity contribution < 1.29 is 0 Å². The van der Waals surface area contributed by atoms with Gasteiger partial charge in [-0.3, -0.25) is 0 Å². The summed E-state index contributed by atoms with van der Waals surface area (Å²) >= 11 is 0. The van der Waals surface area contributed by atoms with Crippen molar-refractivity contribution in [1.82, 2.24) is 0 Å². The standard InChI is InChI=1S/C20H26NP/c1-6-14-11-12-16-19(18(14)21)22(13(2)3)17-10-8-7-9-15(17)20(16,4)5/h7-13H,6,21H2,1-5H3. The van der Waals surface area contributed by atoms with Crippen LogP contribution in [-0.4, -0.2) is 5.66 Å². The van der Waals surface area contributed by atoms with Gasteiger partial charge in [0.1, 0.15) is 0 Å². The molecule has 0 fully saturated rings. The Morgan fingerprint density at radius 3 is 2.36 bits per heavy atom. The Balaban J connectivity index is 2.38. The number of benzene rings is 2. The van der Waals surface area contributed by atoms with Crippen LogP contribution in [0.2, 0.25) is 0 Å². The fourth-order valence-corrected chi connectivity index (χ4v) is 6.93. The Hall–Kier alpha value is -1.33. The molecule has 0 radical (unpaired) electrons. The number of nitrogens with two attached hydrogens (primary N) is 1. The summed E-state index contributed by atoms with van der Waals surface area (Å²) in [7, 11) is -0.389. The van der Waals surface area contributed by atoms with Crippen LogP contribution in [0.4, 0.5) is 5.69 Å². The van der Waals surface area contributed by atoms with E-state index in [-0.39, 0.29) is 13.3 Å². The maximum Gasteiger partial charge on any atom is 0.0431 e.